The van der Waals surface area contributed by atoms with Crippen molar-refractivity contribution in [2.75, 3.05) is 11.4 Å². The van der Waals surface area contributed by atoms with Gasteiger partial charge in [0.1, 0.15) is 11.9 Å². The zero-order valence-electron chi connectivity index (χ0n) is 17.8. The van der Waals surface area contributed by atoms with E-state index in [1.807, 2.05) is 5.38 Å². The molecule has 1 unspecified atom stereocenters. The van der Waals surface area contributed by atoms with Gasteiger partial charge in [0, 0.05) is 16.6 Å². The molecule has 172 valence electrons. The van der Waals surface area contributed by atoms with Crippen molar-refractivity contribution in [3.8, 4) is 0 Å². The van der Waals surface area contributed by atoms with Gasteiger partial charge in [0.25, 0.3) is 5.91 Å². The maximum absolute atomic E-state index is 14.1. The lowest BCUT2D eigenvalue weighted by Crippen LogP contribution is -2.49. The van der Waals surface area contributed by atoms with Gasteiger partial charge in [0.2, 0.25) is 11.8 Å². The first-order chi connectivity index (χ1) is 16.0. The predicted octanol–water partition coefficient (Wildman–Crippen LogP) is 4.04. The Morgan fingerprint density at radius 2 is 1.94 bits per heavy atom. The van der Waals surface area contributed by atoms with Crippen LogP contribution in [-0.2, 0) is 9.59 Å². The van der Waals surface area contributed by atoms with E-state index in [0.29, 0.717) is 4.88 Å². The highest BCUT2D eigenvalue weighted by molar-refractivity contribution is 7.10. The van der Waals surface area contributed by atoms with Crippen molar-refractivity contribution in [3.05, 3.63) is 76.6 Å². The van der Waals surface area contributed by atoms with Crippen LogP contribution in [0, 0.1) is 5.82 Å². The summed E-state index contributed by atoms with van der Waals surface area (Å²) in [4.78, 5) is 41.0. The second kappa shape index (κ2) is 10.4. The topological polar surface area (TPSA) is 91.7 Å². The van der Waals surface area contributed by atoms with Gasteiger partial charge in [-0.05, 0) is 54.6 Å². The normalized spacial score (nSPS) is 14.6. The second-order valence-corrected chi connectivity index (χ2v) is 8.79. The number of benzene rings is 1. The summed E-state index contributed by atoms with van der Waals surface area (Å²) in [5.41, 5.74) is 0.229. The van der Waals surface area contributed by atoms with E-state index in [2.05, 4.69) is 10.6 Å². The maximum Gasteiger partial charge on any atom is 0.287 e. The zero-order valence-corrected chi connectivity index (χ0v) is 18.6. The van der Waals surface area contributed by atoms with E-state index in [0.717, 1.165) is 25.7 Å². The Kier molecular flexibility index (Phi) is 7.19. The van der Waals surface area contributed by atoms with Gasteiger partial charge in [-0.25, -0.2) is 4.39 Å². The largest absolute Gasteiger partial charge is 0.459 e. The number of thiophene rings is 1. The Labute approximate surface area is 194 Å². The summed E-state index contributed by atoms with van der Waals surface area (Å²) in [5.74, 6) is -1.92. The number of hydrogen-bond acceptors (Lipinski definition) is 5. The van der Waals surface area contributed by atoms with Crippen LogP contribution >= 0.6 is 11.3 Å². The summed E-state index contributed by atoms with van der Waals surface area (Å²) in [6.07, 6.45) is 5.21. The maximum atomic E-state index is 14.1. The van der Waals surface area contributed by atoms with Crippen molar-refractivity contribution >= 4 is 34.7 Å². The molecule has 0 bridgehead atoms. The molecule has 1 saturated carbocycles. The summed E-state index contributed by atoms with van der Waals surface area (Å²) < 4.78 is 19.2. The molecule has 3 amide bonds. The van der Waals surface area contributed by atoms with Gasteiger partial charge in [-0.3, -0.25) is 19.3 Å². The highest BCUT2D eigenvalue weighted by atomic mass is 32.1. The third kappa shape index (κ3) is 5.48. The average molecular weight is 470 g/mol. The van der Waals surface area contributed by atoms with E-state index in [1.54, 1.807) is 24.3 Å². The van der Waals surface area contributed by atoms with Crippen LogP contribution in [0.2, 0.25) is 0 Å². The number of rotatable bonds is 8. The van der Waals surface area contributed by atoms with E-state index in [1.165, 1.54) is 46.8 Å². The molecule has 0 aliphatic heterocycles. The van der Waals surface area contributed by atoms with Crippen molar-refractivity contribution in [1.29, 1.82) is 0 Å². The molecule has 33 heavy (non-hydrogen) atoms. The molecule has 4 rings (SSSR count). The fraction of sp³-hybridized carbons (Fsp3) is 0.292. The van der Waals surface area contributed by atoms with Crippen LogP contribution in [-0.4, -0.2) is 30.3 Å². The molecule has 0 radical (unpaired) electrons. The molecule has 0 spiro atoms. The summed E-state index contributed by atoms with van der Waals surface area (Å²) >= 11 is 1.33. The van der Waals surface area contributed by atoms with Crippen LogP contribution < -0.4 is 15.5 Å². The van der Waals surface area contributed by atoms with Gasteiger partial charge in [0.05, 0.1) is 12.8 Å². The van der Waals surface area contributed by atoms with E-state index >= 15 is 0 Å². The van der Waals surface area contributed by atoms with Gasteiger partial charge in [0.15, 0.2) is 5.76 Å². The minimum atomic E-state index is -1.000. The Morgan fingerprint density at radius 3 is 2.61 bits per heavy atom. The van der Waals surface area contributed by atoms with Crippen molar-refractivity contribution in [3.63, 3.8) is 0 Å². The van der Waals surface area contributed by atoms with Crippen molar-refractivity contribution in [1.82, 2.24) is 10.6 Å². The summed E-state index contributed by atoms with van der Waals surface area (Å²) in [6.45, 7) is -0.394. The first-order valence-corrected chi connectivity index (χ1v) is 11.6. The Morgan fingerprint density at radius 1 is 1.12 bits per heavy atom. The molecular weight excluding hydrogens is 445 g/mol. The number of halogens is 1. The number of nitrogens with zero attached hydrogens (tertiary/aromatic N) is 1. The van der Waals surface area contributed by atoms with Gasteiger partial charge in [-0.15, -0.1) is 11.3 Å². The van der Waals surface area contributed by atoms with Gasteiger partial charge < -0.3 is 15.1 Å². The highest BCUT2D eigenvalue weighted by Gasteiger charge is 2.35. The third-order valence-corrected chi connectivity index (χ3v) is 6.45. The molecule has 9 heteroatoms. The average Bonchev–Trinajstić information content (AvgIpc) is 3.58. The zero-order chi connectivity index (χ0) is 23.2. The van der Waals surface area contributed by atoms with E-state index in [4.69, 9.17) is 4.42 Å². The molecule has 2 heterocycles. The van der Waals surface area contributed by atoms with Crippen LogP contribution in [0.3, 0.4) is 0 Å². The molecule has 3 aromatic rings. The van der Waals surface area contributed by atoms with Crippen LogP contribution in [0.1, 0.15) is 47.2 Å². The number of anilines is 1. The molecule has 2 N–H and O–H groups in total. The number of carbonyl (C=O) groups excluding carboxylic acids is 3. The Hall–Kier alpha value is -3.46. The summed E-state index contributed by atoms with van der Waals surface area (Å²) in [5, 5.41) is 7.39. The molecule has 2 aromatic heterocycles. The lowest BCUT2D eigenvalue weighted by Gasteiger charge is -2.31. The number of carbonyl (C=O) groups is 3. The van der Waals surface area contributed by atoms with Crippen LogP contribution in [0.4, 0.5) is 10.1 Å². The number of amides is 3. The fourth-order valence-corrected chi connectivity index (χ4v) is 4.78. The van der Waals surface area contributed by atoms with Gasteiger partial charge in [-0.2, -0.15) is 0 Å². The van der Waals surface area contributed by atoms with Crippen molar-refractivity contribution in [2.24, 2.45) is 0 Å². The lowest BCUT2D eigenvalue weighted by atomic mass is 10.1. The predicted molar refractivity (Wildman–Crippen MR) is 122 cm³/mol. The molecule has 7 nitrogen and oxygen atoms in total. The minimum Gasteiger partial charge on any atom is -0.459 e. The first kappa shape index (κ1) is 22.7. The molecule has 1 aromatic carbocycles. The molecule has 1 aliphatic carbocycles. The monoisotopic (exact) mass is 469 g/mol. The number of nitrogens with one attached hydrogen (secondary N) is 2. The highest BCUT2D eigenvalue weighted by Crippen LogP contribution is 2.32. The molecule has 0 saturated heterocycles. The quantitative estimate of drug-likeness (QED) is 0.521. The second-order valence-electron chi connectivity index (χ2n) is 7.81. The molecule has 1 fully saturated rings. The number of hydrogen-bond donors (Lipinski definition) is 2. The van der Waals surface area contributed by atoms with Crippen molar-refractivity contribution < 1.29 is 23.2 Å². The SMILES string of the molecule is O=C(NCC(=O)N(c1cccc(F)c1)C(C(=O)NC1CCCC1)c1cccs1)c1ccco1. The third-order valence-electron chi connectivity index (χ3n) is 5.52. The van der Waals surface area contributed by atoms with Crippen LogP contribution in [0.5, 0.6) is 0 Å². The van der Waals surface area contributed by atoms with E-state index in [-0.39, 0.29) is 23.4 Å². The Bertz CT molecular complexity index is 1090. The van der Waals surface area contributed by atoms with Crippen molar-refractivity contribution in [2.45, 2.75) is 37.8 Å². The summed E-state index contributed by atoms with van der Waals surface area (Å²) in [6, 6.07) is 11.2. The first-order valence-electron chi connectivity index (χ1n) is 10.8. The van der Waals surface area contributed by atoms with Crippen LogP contribution in [0.15, 0.2) is 64.6 Å². The lowest BCUT2D eigenvalue weighted by molar-refractivity contribution is -0.126. The summed E-state index contributed by atoms with van der Waals surface area (Å²) in [7, 11) is 0. The number of furan rings is 1. The molecule has 1 aliphatic rings. The fourth-order valence-electron chi connectivity index (χ4n) is 3.97. The molecular formula is C24H24FN3O4S. The molecule has 1 atom stereocenters. The van der Waals surface area contributed by atoms with E-state index in [9.17, 15) is 18.8 Å². The van der Waals surface area contributed by atoms with E-state index < -0.39 is 30.2 Å². The van der Waals surface area contributed by atoms with Gasteiger partial charge in [-0.1, -0.05) is 25.0 Å². The van der Waals surface area contributed by atoms with Crippen LogP contribution in [0.25, 0.3) is 0 Å². The Balaban J connectivity index is 1.63. The van der Waals surface area contributed by atoms with Gasteiger partial charge >= 0.3 is 0 Å². The standard InChI is InChI=1S/C24H24FN3O4S/c25-16-6-3-9-18(14-16)28(21(29)15-26-23(30)19-10-4-12-32-19)22(20-11-5-13-33-20)24(31)27-17-7-1-2-8-17/h3-6,9-14,17,22H,1-2,7-8,15H2,(H,26,30)(H,27,31). The smallest absolute Gasteiger partial charge is 0.287 e. The minimum absolute atomic E-state index is 0.0445.